The van der Waals surface area contributed by atoms with Crippen molar-refractivity contribution in [3.8, 4) is 6.07 Å². The van der Waals surface area contributed by atoms with Crippen LogP contribution in [0.2, 0.25) is 0 Å². The number of benzene rings is 1. The van der Waals surface area contributed by atoms with Crippen molar-refractivity contribution < 1.29 is 13.2 Å². The lowest BCUT2D eigenvalue weighted by Crippen LogP contribution is -2.37. The highest BCUT2D eigenvalue weighted by Gasteiger charge is 2.31. The molecule has 0 radical (unpaired) electrons. The first-order valence-corrected chi connectivity index (χ1v) is 10.6. The summed E-state index contributed by atoms with van der Waals surface area (Å²) in [5.41, 5.74) is 1.63. The quantitative estimate of drug-likeness (QED) is 0.559. The van der Waals surface area contributed by atoms with Crippen molar-refractivity contribution in [2.75, 3.05) is 44.0 Å². The van der Waals surface area contributed by atoms with Crippen LogP contribution in [0.15, 0.2) is 36.0 Å². The SMILES string of the molecule is Cc1ccc(NC(=O)/C(C#N)=C\N(CCN(C)C)C2CCS(=O)(=O)C2)cc1. The summed E-state index contributed by atoms with van der Waals surface area (Å²) in [6.07, 6.45) is 2.00. The normalized spacial score (nSPS) is 18.9. The molecule has 1 fully saturated rings. The van der Waals surface area contributed by atoms with E-state index >= 15 is 0 Å². The molecule has 7 nitrogen and oxygen atoms in total. The number of likely N-dealkylation sites (N-methyl/N-ethyl adjacent to an activating group) is 1. The van der Waals surface area contributed by atoms with Gasteiger partial charge in [-0.25, -0.2) is 8.42 Å². The Bertz CT molecular complexity index is 839. The number of hydrogen-bond donors (Lipinski definition) is 1. The highest BCUT2D eigenvalue weighted by atomic mass is 32.2. The maximum absolute atomic E-state index is 12.5. The van der Waals surface area contributed by atoms with Gasteiger partial charge in [0.1, 0.15) is 11.6 Å². The summed E-state index contributed by atoms with van der Waals surface area (Å²) in [5, 5.41) is 12.2. The molecule has 1 heterocycles. The third-order valence-electron chi connectivity index (χ3n) is 4.45. The minimum Gasteiger partial charge on any atom is -0.371 e. The Morgan fingerprint density at radius 3 is 2.48 bits per heavy atom. The largest absolute Gasteiger partial charge is 0.371 e. The van der Waals surface area contributed by atoms with Gasteiger partial charge in [0.2, 0.25) is 0 Å². The number of sulfone groups is 1. The van der Waals surface area contributed by atoms with E-state index in [2.05, 4.69) is 5.32 Å². The third-order valence-corrected chi connectivity index (χ3v) is 6.20. The van der Waals surface area contributed by atoms with Crippen molar-refractivity contribution in [2.45, 2.75) is 19.4 Å². The average molecular weight is 391 g/mol. The van der Waals surface area contributed by atoms with Gasteiger partial charge in [0.15, 0.2) is 9.84 Å². The zero-order chi connectivity index (χ0) is 20.0. The molecule has 8 heteroatoms. The van der Waals surface area contributed by atoms with Crippen molar-refractivity contribution in [2.24, 2.45) is 0 Å². The molecule has 1 N–H and O–H groups in total. The number of nitriles is 1. The van der Waals surface area contributed by atoms with Crippen LogP contribution < -0.4 is 5.32 Å². The second-order valence-corrected chi connectivity index (χ2v) is 9.30. The van der Waals surface area contributed by atoms with Crippen molar-refractivity contribution in [1.29, 1.82) is 5.26 Å². The van der Waals surface area contributed by atoms with E-state index in [1.807, 2.05) is 49.0 Å². The maximum Gasteiger partial charge on any atom is 0.267 e. The number of anilines is 1. The maximum atomic E-state index is 12.5. The summed E-state index contributed by atoms with van der Waals surface area (Å²) < 4.78 is 23.7. The lowest BCUT2D eigenvalue weighted by Gasteiger charge is -2.28. The number of carbonyl (C=O) groups excluding carboxylic acids is 1. The number of nitrogens with one attached hydrogen (secondary N) is 1. The predicted octanol–water partition coefficient (Wildman–Crippen LogP) is 1.39. The fraction of sp³-hybridized carbons (Fsp3) is 0.474. The van der Waals surface area contributed by atoms with Gasteiger partial charge in [-0.3, -0.25) is 4.79 Å². The van der Waals surface area contributed by atoms with Crippen LogP contribution in [0.4, 0.5) is 5.69 Å². The summed E-state index contributed by atoms with van der Waals surface area (Å²) in [6.45, 7) is 3.17. The minimum absolute atomic E-state index is 0.0429. The van der Waals surface area contributed by atoms with Crippen LogP contribution in [0.5, 0.6) is 0 Å². The third kappa shape index (κ3) is 6.38. The van der Waals surface area contributed by atoms with Gasteiger partial charge in [-0.05, 0) is 39.6 Å². The molecule has 1 aromatic rings. The fourth-order valence-corrected chi connectivity index (χ4v) is 4.59. The summed E-state index contributed by atoms with van der Waals surface area (Å²) >= 11 is 0. The van der Waals surface area contributed by atoms with E-state index in [4.69, 9.17) is 0 Å². The van der Waals surface area contributed by atoms with E-state index < -0.39 is 15.7 Å². The summed E-state index contributed by atoms with van der Waals surface area (Å²) in [7, 11) is 0.776. The second-order valence-electron chi connectivity index (χ2n) is 7.07. The molecule has 0 aliphatic carbocycles. The van der Waals surface area contributed by atoms with E-state index in [9.17, 15) is 18.5 Å². The highest BCUT2D eigenvalue weighted by Crippen LogP contribution is 2.19. The van der Waals surface area contributed by atoms with E-state index in [-0.39, 0.29) is 23.1 Å². The van der Waals surface area contributed by atoms with Gasteiger partial charge in [0.25, 0.3) is 5.91 Å². The van der Waals surface area contributed by atoms with Gasteiger partial charge < -0.3 is 15.1 Å². The van der Waals surface area contributed by atoms with Crippen LogP contribution in [-0.4, -0.2) is 68.9 Å². The zero-order valence-corrected chi connectivity index (χ0v) is 16.8. The van der Waals surface area contributed by atoms with Crippen molar-refractivity contribution in [3.63, 3.8) is 0 Å². The topological polar surface area (TPSA) is 93.5 Å². The Kier molecular flexibility index (Phi) is 6.99. The van der Waals surface area contributed by atoms with E-state index in [0.717, 1.165) is 5.56 Å². The number of hydrogen-bond acceptors (Lipinski definition) is 6. The molecule has 0 bridgehead atoms. The van der Waals surface area contributed by atoms with Gasteiger partial charge in [0, 0.05) is 31.0 Å². The first kappa shape index (κ1) is 20.9. The number of rotatable bonds is 7. The van der Waals surface area contributed by atoms with Crippen LogP contribution in [0.25, 0.3) is 0 Å². The molecule has 0 aromatic heterocycles. The zero-order valence-electron chi connectivity index (χ0n) is 16.0. The standard InChI is InChI=1S/C19H26N4O3S/c1-15-4-6-17(7-5-15)21-19(24)16(12-20)13-23(10-9-22(2)3)18-8-11-27(25,26)14-18/h4-7,13,18H,8-11,14H2,1-3H3,(H,21,24)/b16-13-. The smallest absolute Gasteiger partial charge is 0.267 e. The number of aryl methyl sites for hydroxylation is 1. The van der Waals surface area contributed by atoms with Crippen LogP contribution in [0.1, 0.15) is 12.0 Å². The van der Waals surface area contributed by atoms with E-state index in [1.54, 1.807) is 12.1 Å². The van der Waals surface area contributed by atoms with Crippen molar-refractivity contribution >= 4 is 21.4 Å². The van der Waals surface area contributed by atoms with E-state index in [0.29, 0.717) is 25.2 Å². The molecule has 0 spiro atoms. The van der Waals surface area contributed by atoms with Crippen LogP contribution in [0.3, 0.4) is 0 Å². The highest BCUT2D eigenvalue weighted by molar-refractivity contribution is 7.91. The average Bonchev–Trinajstić information content (AvgIpc) is 2.96. The summed E-state index contributed by atoms with van der Waals surface area (Å²) in [5.74, 6) is -0.312. The number of amides is 1. The summed E-state index contributed by atoms with van der Waals surface area (Å²) in [6, 6.07) is 9.02. The van der Waals surface area contributed by atoms with E-state index in [1.165, 1.54) is 6.20 Å². The molecule has 1 aliphatic heterocycles. The Hall–Kier alpha value is -2.37. The molecule has 1 aliphatic rings. The monoisotopic (exact) mass is 390 g/mol. The molecule has 1 saturated heterocycles. The van der Waals surface area contributed by atoms with Crippen molar-refractivity contribution in [1.82, 2.24) is 9.80 Å². The van der Waals surface area contributed by atoms with Gasteiger partial charge >= 0.3 is 0 Å². The van der Waals surface area contributed by atoms with Crippen LogP contribution in [-0.2, 0) is 14.6 Å². The van der Waals surface area contributed by atoms with Gasteiger partial charge in [-0.15, -0.1) is 0 Å². The van der Waals surface area contributed by atoms with Gasteiger partial charge in [-0.2, -0.15) is 5.26 Å². The molecular weight excluding hydrogens is 364 g/mol. The van der Waals surface area contributed by atoms with Crippen LogP contribution in [0, 0.1) is 18.3 Å². The molecule has 1 unspecified atom stereocenters. The Balaban J connectivity index is 2.18. The number of nitrogens with zero attached hydrogens (tertiary/aromatic N) is 3. The first-order valence-electron chi connectivity index (χ1n) is 8.81. The first-order chi connectivity index (χ1) is 12.7. The molecule has 146 valence electrons. The lowest BCUT2D eigenvalue weighted by molar-refractivity contribution is -0.112. The number of carbonyl (C=O) groups is 1. The second kappa shape index (κ2) is 9.02. The van der Waals surface area contributed by atoms with Crippen LogP contribution >= 0.6 is 0 Å². The molecule has 1 atom stereocenters. The lowest BCUT2D eigenvalue weighted by atomic mass is 10.2. The molecule has 27 heavy (non-hydrogen) atoms. The Morgan fingerprint density at radius 2 is 1.96 bits per heavy atom. The van der Waals surface area contributed by atoms with Crippen molar-refractivity contribution in [3.05, 3.63) is 41.6 Å². The summed E-state index contributed by atoms with van der Waals surface area (Å²) in [4.78, 5) is 16.3. The molecule has 2 rings (SSSR count). The Morgan fingerprint density at radius 1 is 1.30 bits per heavy atom. The minimum atomic E-state index is -3.06. The molecule has 1 amide bonds. The molecule has 1 aromatic carbocycles. The van der Waals surface area contributed by atoms with Gasteiger partial charge in [0.05, 0.1) is 11.5 Å². The fourth-order valence-electron chi connectivity index (χ4n) is 2.84. The predicted molar refractivity (Wildman–Crippen MR) is 106 cm³/mol. The Labute approximate surface area is 161 Å². The van der Waals surface area contributed by atoms with Gasteiger partial charge in [-0.1, -0.05) is 17.7 Å². The molecule has 0 saturated carbocycles. The molecular formula is C19H26N4O3S.